The molecule has 0 N–H and O–H groups in total. The number of hydrogen-bond donors (Lipinski definition) is 0. The van der Waals surface area contributed by atoms with Crippen molar-refractivity contribution in [2.24, 2.45) is 0 Å². The monoisotopic (exact) mass is 541 g/mol. The number of para-hydroxylation sites is 1. The largest absolute Gasteiger partial charge is 0.490 e. The Morgan fingerprint density at radius 1 is 1.10 bits per heavy atom. The third kappa shape index (κ3) is 4.72. The van der Waals surface area contributed by atoms with Crippen LogP contribution in [0.1, 0.15) is 36.1 Å². The molecule has 2 amide bonds. The van der Waals surface area contributed by atoms with Gasteiger partial charge in [-0.1, -0.05) is 24.3 Å². The molecule has 41 heavy (non-hydrogen) atoms. The number of hydrogen-bond acceptors (Lipinski definition) is 6. The molecule has 0 saturated heterocycles. The average Bonchev–Trinajstić information content (AvgIpc) is 3.58. The van der Waals surface area contributed by atoms with E-state index in [1.54, 1.807) is 42.2 Å². The molecule has 4 aromatic rings. The summed E-state index contributed by atoms with van der Waals surface area (Å²) in [7, 11) is 0. The molecular weight excluding hydrogens is 514 g/mol. The lowest BCUT2D eigenvalue weighted by Gasteiger charge is -2.27. The van der Waals surface area contributed by atoms with Crippen molar-refractivity contribution in [2.75, 3.05) is 0 Å². The maximum Gasteiger partial charge on any atom is 0.271 e. The molecular formula is C33H27N5O3. The van der Waals surface area contributed by atoms with Crippen molar-refractivity contribution in [1.29, 1.82) is 5.26 Å². The van der Waals surface area contributed by atoms with Gasteiger partial charge in [0.05, 0.1) is 17.9 Å². The molecule has 2 aromatic carbocycles. The SMILES string of the molecule is CC1=C(C#N)C(=O)N(Cc2cccnc2)C(=O)/C1=C/c1cn(-c2ccccc2)nc1-c1cc(C)c2c(c1)CC(C)O2. The summed E-state index contributed by atoms with van der Waals surface area (Å²) in [5.74, 6) is -0.172. The van der Waals surface area contributed by atoms with E-state index in [2.05, 4.69) is 11.1 Å². The van der Waals surface area contributed by atoms with Crippen molar-refractivity contribution >= 4 is 17.9 Å². The quantitative estimate of drug-likeness (QED) is 0.249. The Morgan fingerprint density at radius 3 is 2.63 bits per heavy atom. The molecule has 8 nitrogen and oxygen atoms in total. The molecule has 4 heterocycles. The average molecular weight is 542 g/mol. The summed E-state index contributed by atoms with van der Waals surface area (Å²) in [4.78, 5) is 32.2. The Balaban J connectivity index is 1.51. The van der Waals surface area contributed by atoms with Crippen molar-refractivity contribution in [3.63, 3.8) is 0 Å². The number of rotatable bonds is 5. The van der Waals surface area contributed by atoms with E-state index in [4.69, 9.17) is 9.84 Å². The van der Waals surface area contributed by atoms with E-state index in [0.29, 0.717) is 22.4 Å². The minimum Gasteiger partial charge on any atom is -0.490 e. The van der Waals surface area contributed by atoms with Gasteiger partial charge in [-0.2, -0.15) is 10.4 Å². The summed E-state index contributed by atoms with van der Waals surface area (Å²) >= 11 is 0. The molecule has 2 aliphatic rings. The van der Waals surface area contributed by atoms with E-state index in [1.807, 2.05) is 62.5 Å². The van der Waals surface area contributed by atoms with Gasteiger partial charge in [0.25, 0.3) is 11.8 Å². The Kier molecular flexibility index (Phi) is 6.56. The fraction of sp³-hybridized carbons (Fsp3) is 0.182. The van der Waals surface area contributed by atoms with Gasteiger partial charge in [0.15, 0.2) is 0 Å². The molecule has 0 spiro atoms. The fourth-order valence-corrected chi connectivity index (χ4v) is 5.39. The second kappa shape index (κ2) is 10.4. The van der Waals surface area contributed by atoms with Crippen molar-refractivity contribution in [3.05, 3.63) is 112 Å². The Hall–Kier alpha value is -5.29. The van der Waals surface area contributed by atoms with Gasteiger partial charge in [-0.25, -0.2) is 4.68 Å². The van der Waals surface area contributed by atoms with E-state index in [-0.39, 0.29) is 23.8 Å². The highest BCUT2D eigenvalue weighted by molar-refractivity contribution is 6.19. The number of benzene rings is 2. The zero-order chi connectivity index (χ0) is 28.7. The number of imide groups is 1. The van der Waals surface area contributed by atoms with Crippen molar-refractivity contribution < 1.29 is 14.3 Å². The number of ether oxygens (including phenoxy) is 1. The van der Waals surface area contributed by atoms with Crippen LogP contribution in [-0.2, 0) is 22.6 Å². The van der Waals surface area contributed by atoms with Crippen LogP contribution >= 0.6 is 0 Å². The van der Waals surface area contributed by atoms with E-state index in [1.165, 1.54) is 0 Å². The lowest BCUT2D eigenvalue weighted by atomic mass is 9.92. The maximum atomic E-state index is 13.8. The number of aryl methyl sites for hydroxylation is 1. The number of carbonyl (C=O) groups excluding carboxylic acids is 2. The second-order valence-electron chi connectivity index (χ2n) is 10.4. The smallest absolute Gasteiger partial charge is 0.271 e. The summed E-state index contributed by atoms with van der Waals surface area (Å²) in [6.07, 6.45) is 7.73. The van der Waals surface area contributed by atoms with Gasteiger partial charge in [0.2, 0.25) is 0 Å². The van der Waals surface area contributed by atoms with Crippen LogP contribution < -0.4 is 4.74 Å². The molecule has 2 aromatic heterocycles. The van der Waals surface area contributed by atoms with Crippen LogP contribution in [0, 0.1) is 18.3 Å². The van der Waals surface area contributed by atoms with Gasteiger partial charge in [-0.3, -0.25) is 19.5 Å². The van der Waals surface area contributed by atoms with Gasteiger partial charge < -0.3 is 4.74 Å². The molecule has 2 aliphatic heterocycles. The van der Waals surface area contributed by atoms with Gasteiger partial charge in [-0.05, 0) is 79.4 Å². The Bertz CT molecular complexity index is 1800. The van der Waals surface area contributed by atoms with E-state index in [9.17, 15) is 14.9 Å². The summed E-state index contributed by atoms with van der Waals surface area (Å²) in [6, 6.07) is 19.4. The molecule has 0 radical (unpaired) electrons. The highest BCUT2D eigenvalue weighted by atomic mass is 16.5. The zero-order valence-corrected chi connectivity index (χ0v) is 23.0. The molecule has 202 valence electrons. The van der Waals surface area contributed by atoms with E-state index >= 15 is 0 Å². The molecule has 0 fully saturated rings. The van der Waals surface area contributed by atoms with Gasteiger partial charge >= 0.3 is 0 Å². The molecule has 0 bridgehead atoms. The van der Waals surface area contributed by atoms with Gasteiger partial charge in [0, 0.05) is 41.7 Å². The lowest BCUT2D eigenvalue weighted by Crippen LogP contribution is -2.42. The first-order chi connectivity index (χ1) is 19.8. The molecule has 0 saturated carbocycles. The summed E-state index contributed by atoms with van der Waals surface area (Å²) in [6.45, 7) is 5.72. The Labute approximate surface area is 237 Å². The number of fused-ring (bicyclic) bond motifs is 1. The number of nitriles is 1. The summed E-state index contributed by atoms with van der Waals surface area (Å²) < 4.78 is 7.79. The molecule has 6 rings (SSSR count). The van der Waals surface area contributed by atoms with E-state index < -0.39 is 11.8 Å². The number of nitrogens with zero attached hydrogens (tertiary/aromatic N) is 5. The number of aromatic nitrogens is 3. The topological polar surface area (TPSA) is 101 Å². The van der Waals surface area contributed by atoms with Gasteiger partial charge in [0.1, 0.15) is 23.5 Å². The maximum absolute atomic E-state index is 13.8. The van der Waals surface area contributed by atoms with Crippen LogP contribution in [0.3, 0.4) is 0 Å². The van der Waals surface area contributed by atoms with Crippen LogP contribution in [0.15, 0.2) is 89.9 Å². The summed E-state index contributed by atoms with van der Waals surface area (Å²) in [5.41, 5.74) is 6.51. The van der Waals surface area contributed by atoms with E-state index in [0.717, 1.165) is 39.4 Å². The fourth-order valence-electron chi connectivity index (χ4n) is 5.39. The Morgan fingerprint density at radius 2 is 1.90 bits per heavy atom. The normalized spacial score (nSPS) is 17.6. The third-order valence-corrected chi connectivity index (χ3v) is 7.40. The molecule has 0 aliphatic carbocycles. The first-order valence-corrected chi connectivity index (χ1v) is 13.4. The predicted molar refractivity (Wildman–Crippen MR) is 154 cm³/mol. The van der Waals surface area contributed by atoms with Crippen LogP contribution in [0.25, 0.3) is 23.0 Å². The minimum atomic E-state index is -0.612. The van der Waals surface area contributed by atoms with Crippen LogP contribution in [0.4, 0.5) is 0 Å². The summed E-state index contributed by atoms with van der Waals surface area (Å²) in [5, 5.41) is 14.8. The van der Waals surface area contributed by atoms with Crippen molar-refractivity contribution in [2.45, 2.75) is 39.8 Å². The number of amides is 2. The number of pyridine rings is 1. The van der Waals surface area contributed by atoms with Crippen LogP contribution in [0.5, 0.6) is 5.75 Å². The van der Waals surface area contributed by atoms with Crippen molar-refractivity contribution in [3.8, 4) is 28.8 Å². The molecule has 1 atom stereocenters. The predicted octanol–water partition coefficient (Wildman–Crippen LogP) is 5.36. The highest BCUT2D eigenvalue weighted by Crippen LogP contribution is 2.38. The van der Waals surface area contributed by atoms with Gasteiger partial charge in [-0.15, -0.1) is 0 Å². The first-order valence-electron chi connectivity index (χ1n) is 13.4. The minimum absolute atomic E-state index is 0.0135. The van der Waals surface area contributed by atoms with Crippen LogP contribution in [-0.4, -0.2) is 37.6 Å². The molecule has 1 unspecified atom stereocenters. The first kappa shape index (κ1) is 26.0. The number of carbonyl (C=O) groups is 2. The van der Waals surface area contributed by atoms with Crippen LogP contribution in [0.2, 0.25) is 0 Å². The zero-order valence-electron chi connectivity index (χ0n) is 23.0. The standard InChI is InChI=1S/C33H27N5O3/c1-20-12-24(14-25-13-21(2)41-31(20)25)30-26(19-38(36-30)27-9-5-4-6-10-27)15-28-22(3)29(16-34)33(40)37(32(28)39)18-23-8-7-11-35-17-23/h4-12,14-15,17,19,21H,13,18H2,1-3H3/b28-15+. The second-order valence-corrected chi connectivity index (χ2v) is 10.4. The highest BCUT2D eigenvalue weighted by Gasteiger charge is 2.36. The van der Waals surface area contributed by atoms with Crippen molar-refractivity contribution in [1.82, 2.24) is 19.7 Å². The molecule has 8 heteroatoms. The third-order valence-electron chi connectivity index (χ3n) is 7.40. The lowest BCUT2D eigenvalue weighted by molar-refractivity contribution is -0.141.